The van der Waals surface area contributed by atoms with Crippen LogP contribution in [0.15, 0.2) is 23.6 Å². The third-order valence-electron chi connectivity index (χ3n) is 4.23. The zero-order valence-electron chi connectivity index (χ0n) is 14.6. The van der Waals surface area contributed by atoms with Gasteiger partial charge in [0.1, 0.15) is 0 Å². The second-order valence-electron chi connectivity index (χ2n) is 5.99. The Kier molecular flexibility index (Phi) is 5.13. The van der Waals surface area contributed by atoms with Gasteiger partial charge in [0.15, 0.2) is 16.8 Å². The van der Waals surface area contributed by atoms with Crippen molar-refractivity contribution in [1.82, 2.24) is 14.8 Å². The topological polar surface area (TPSA) is 59.8 Å². The fourth-order valence-electron chi connectivity index (χ4n) is 2.72. The van der Waals surface area contributed by atoms with Gasteiger partial charge in [0.25, 0.3) is 0 Å². The van der Waals surface area contributed by atoms with Crippen LogP contribution in [0.3, 0.4) is 0 Å². The van der Waals surface area contributed by atoms with Gasteiger partial charge in [0, 0.05) is 30.1 Å². The van der Waals surface area contributed by atoms with E-state index in [1.807, 2.05) is 20.9 Å². The molecule has 0 radical (unpaired) electrons. The van der Waals surface area contributed by atoms with Crippen LogP contribution < -0.4 is 5.32 Å². The van der Waals surface area contributed by atoms with Crippen LogP contribution in [0.25, 0.3) is 11.3 Å². The molecular weight excluding hydrogens is 358 g/mol. The molecule has 26 heavy (non-hydrogen) atoms. The number of aryl methyl sites for hydroxylation is 2. The second-order valence-corrected chi connectivity index (χ2v) is 6.85. The van der Waals surface area contributed by atoms with Crippen molar-refractivity contribution in [2.75, 3.05) is 5.32 Å². The Hall–Kier alpha value is -2.61. The normalized spacial score (nSPS) is 11.0. The zero-order chi connectivity index (χ0) is 18.8. The molecule has 0 aliphatic carbocycles. The summed E-state index contributed by atoms with van der Waals surface area (Å²) in [5.74, 6) is -1.99. The third-order valence-corrected chi connectivity index (χ3v) is 4.98. The maximum atomic E-state index is 13.3. The molecule has 3 aromatic rings. The first-order chi connectivity index (χ1) is 12.3. The van der Waals surface area contributed by atoms with E-state index in [2.05, 4.69) is 15.4 Å². The van der Waals surface area contributed by atoms with Crippen molar-refractivity contribution in [3.05, 3.63) is 52.2 Å². The number of hydrogen-bond acceptors (Lipinski definition) is 4. The Morgan fingerprint density at radius 3 is 2.69 bits per heavy atom. The molecule has 5 nitrogen and oxygen atoms in total. The van der Waals surface area contributed by atoms with Crippen LogP contribution in [0.5, 0.6) is 0 Å². The molecule has 0 saturated carbocycles. The van der Waals surface area contributed by atoms with Crippen molar-refractivity contribution >= 4 is 22.4 Å². The molecule has 2 heterocycles. The number of rotatable bonds is 5. The Morgan fingerprint density at radius 2 is 2.04 bits per heavy atom. The summed E-state index contributed by atoms with van der Waals surface area (Å²) in [6.45, 7) is 3.90. The Labute approximate surface area is 153 Å². The number of benzene rings is 1. The number of thiazole rings is 1. The standard InChI is InChI=1S/C18H18F2N4OS/c1-10-13(11(2)24(3)23-10)5-7-17(25)22-18-21-16(9-26-18)12-4-6-14(19)15(20)8-12/h4,6,8-9H,5,7H2,1-3H3,(H,21,22,25). The van der Waals surface area contributed by atoms with Gasteiger partial charge in [-0.25, -0.2) is 13.8 Å². The number of halogens is 2. The molecule has 1 N–H and O–H groups in total. The first kappa shape index (κ1) is 18.2. The maximum Gasteiger partial charge on any atom is 0.226 e. The van der Waals surface area contributed by atoms with Gasteiger partial charge in [-0.15, -0.1) is 11.3 Å². The summed E-state index contributed by atoms with van der Waals surface area (Å²) in [6.07, 6.45) is 0.909. The minimum Gasteiger partial charge on any atom is -0.302 e. The smallest absolute Gasteiger partial charge is 0.226 e. The van der Waals surface area contributed by atoms with Crippen molar-refractivity contribution in [1.29, 1.82) is 0 Å². The summed E-state index contributed by atoms with van der Waals surface area (Å²) in [7, 11) is 1.88. The zero-order valence-corrected chi connectivity index (χ0v) is 15.5. The highest BCUT2D eigenvalue weighted by molar-refractivity contribution is 7.14. The van der Waals surface area contributed by atoms with E-state index in [9.17, 15) is 13.6 Å². The van der Waals surface area contributed by atoms with E-state index in [4.69, 9.17) is 0 Å². The van der Waals surface area contributed by atoms with E-state index >= 15 is 0 Å². The summed E-state index contributed by atoms with van der Waals surface area (Å²) in [6, 6.07) is 3.60. The molecule has 0 spiro atoms. The monoisotopic (exact) mass is 376 g/mol. The summed E-state index contributed by atoms with van der Waals surface area (Å²) in [5, 5.41) is 9.21. The van der Waals surface area contributed by atoms with Crippen LogP contribution in [0, 0.1) is 25.5 Å². The van der Waals surface area contributed by atoms with Crippen LogP contribution >= 0.6 is 11.3 Å². The number of aromatic nitrogens is 3. The molecule has 136 valence electrons. The fourth-order valence-corrected chi connectivity index (χ4v) is 3.45. The van der Waals surface area contributed by atoms with Gasteiger partial charge in [-0.1, -0.05) is 0 Å². The number of nitrogens with zero attached hydrogens (tertiary/aromatic N) is 3. The van der Waals surface area contributed by atoms with Crippen molar-refractivity contribution in [3.8, 4) is 11.3 Å². The van der Waals surface area contributed by atoms with Gasteiger partial charge in [0.2, 0.25) is 5.91 Å². The van der Waals surface area contributed by atoms with E-state index in [-0.39, 0.29) is 5.91 Å². The molecule has 0 unspecified atom stereocenters. The van der Waals surface area contributed by atoms with Crippen LogP contribution in [0.2, 0.25) is 0 Å². The van der Waals surface area contributed by atoms with E-state index in [0.29, 0.717) is 29.2 Å². The molecule has 0 fully saturated rings. The highest BCUT2D eigenvalue weighted by atomic mass is 32.1. The van der Waals surface area contributed by atoms with Crippen LogP contribution in [0.1, 0.15) is 23.4 Å². The molecule has 0 saturated heterocycles. The third kappa shape index (κ3) is 3.80. The predicted molar refractivity (Wildman–Crippen MR) is 97.1 cm³/mol. The molecule has 0 aliphatic rings. The Balaban J connectivity index is 1.63. The minimum atomic E-state index is -0.928. The van der Waals surface area contributed by atoms with Crippen molar-refractivity contribution in [2.24, 2.45) is 7.05 Å². The molecule has 2 aromatic heterocycles. The molecule has 3 rings (SSSR count). The summed E-state index contributed by atoms with van der Waals surface area (Å²) in [4.78, 5) is 16.4. The number of amides is 1. The molecule has 1 aromatic carbocycles. The summed E-state index contributed by atoms with van der Waals surface area (Å²) in [5.41, 5.74) is 3.99. The first-order valence-electron chi connectivity index (χ1n) is 8.05. The minimum absolute atomic E-state index is 0.154. The summed E-state index contributed by atoms with van der Waals surface area (Å²) >= 11 is 1.24. The molecule has 0 bridgehead atoms. The van der Waals surface area contributed by atoms with Gasteiger partial charge in [0.05, 0.1) is 11.4 Å². The van der Waals surface area contributed by atoms with Crippen molar-refractivity contribution in [3.63, 3.8) is 0 Å². The number of nitrogens with one attached hydrogen (secondary N) is 1. The lowest BCUT2D eigenvalue weighted by atomic mass is 10.1. The largest absolute Gasteiger partial charge is 0.302 e. The molecular formula is C18H18F2N4OS. The van der Waals surface area contributed by atoms with Crippen molar-refractivity contribution in [2.45, 2.75) is 26.7 Å². The SMILES string of the molecule is Cc1nn(C)c(C)c1CCC(=O)Nc1nc(-c2ccc(F)c(F)c2)cs1. The van der Waals surface area contributed by atoms with E-state index in [1.165, 1.54) is 17.4 Å². The Bertz CT molecular complexity index is 964. The van der Waals surface area contributed by atoms with Crippen LogP contribution in [-0.2, 0) is 18.3 Å². The number of anilines is 1. The van der Waals surface area contributed by atoms with Gasteiger partial charge in [-0.3, -0.25) is 9.48 Å². The highest BCUT2D eigenvalue weighted by Crippen LogP contribution is 2.26. The molecule has 0 aliphatic heterocycles. The van der Waals surface area contributed by atoms with E-state index in [0.717, 1.165) is 29.1 Å². The van der Waals surface area contributed by atoms with Crippen LogP contribution in [-0.4, -0.2) is 20.7 Å². The van der Waals surface area contributed by atoms with Gasteiger partial charge in [-0.05, 0) is 44.0 Å². The van der Waals surface area contributed by atoms with E-state index < -0.39 is 11.6 Å². The molecule has 1 amide bonds. The van der Waals surface area contributed by atoms with E-state index in [1.54, 1.807) is 10.1 Å². The lowest BCUT2D eigenvalue weighted by Gasteiger charge is -2.03. The second kappa shape index (κ2) is 7.33. The van der Waals surface area contributed by atoms with Gasteiger partial charge >= 0.3 is 0 Å². The Morgan fingerprint density at radius 1 is 1.27 bits per heavy atom. The van der Waals surface area contributed by atoms with Gasteiger partial charge in [-0.2, -0.15) is 5.10 Å². The quantitative estimate of drug-likeness (QED) is 0.732. The van der Waals surface area contributed by atoms with Crippen LogP contribution in [0.4, 0.5) is 13.9 Å². The average Bonchev–Trinajstić information content (AvgIpc) is 3.14. The average molecular weight is 376 g/mol. The predicted octanol–water partition coefficient (Wildman–Crippen LogP) is 4.01. The number of hydrogen-bond donors (Lipinski definition) is 1. The molecule has 8 heteroatoms. The lowest BCUT2D eigenvalue weighted by molar-refractivity contribution is -0.116. The lowest BCUT2D eigenvalue weighted by Crippen LogP contribution is -2.12. The fraction of sp³-hybridized carbons (Fsp3) is 0.278. The summed E-state index contributed by atoms with van der Waals surface area (Å²) < 4.78 is 28.2. The van der Waals surface area contributed by atoms with Crippen molar-refractivity contribution < 1.29 is 13.6 Å². The highest BCUT2D eigenvalue weighted by Gasteiger charge is 2.13. The number of carbonyl (C=O) groups excluding carboxylic acids is 1. The first-order valence-corrected chi connectivity index (χ1v) is 8.93. The number of carbonyl (C=O) groups is 1. The van der Waals surface area contributed by atoms with Gasteiger partial charge < -0.3 is 5.32 Å². The molecule has 0 atom stereocenters. The maximum absolute atomic E-state index is 13.3.